The van der Waals surface area contributed by atoms with E-state index in [2.05, 4.69) is 29.0 Å². The van der Waals surface area contributed by atoms with Gasteiger partial charge in [-0.25, -0.2) is 0 Å². The molecule has 15 heavy (non-hydrogen) atoms. The average molecular weight is 196 g/mol. The molecule has 1 aliphatic carbocycles. The molecule has 0 fully saturated rings. The predicted octanol–water partition coefficient (Wildman–Crippen LogP) is 2.55. The van der Waals surface area contributed by atoms with Crippen LogP contribution in [0.3, 0.4) is 0 Å². The van der Waals surface area contributed by atoms with Crippen molar-refractivity contribution < 1.29 is 0 Å². The molecule has 0 unspecified atom stereocenters. The fourth-order valence-corrected chi connectivity index (χ4v) is 2.22. The van der Waals surface area contributed by atoms with Crippen LogP contribution >= 0.6 is 0 Å². The molecule has 3 rings (SSSR count). The zero-order chi connectivity index (χ0) is 10.3. The summed E-state index contributed by atoms with van der Waals surface area (Å²) in [6.07, 6.45) is 5.90. The Morgan fingerprint density at radius 2 is 1.87 bits per heavy atom. The highest BCUT2D eigenvalue weighted by atomic mass is 14.8. The minimum atomic E-state index is 1.07. The maximum atomic E-state index is 4.46. The minimum Gasteiger partial charge on any atom is -0.254 e. The van der Waals surface area contributed by atoms with E-state index in [4.69, 9.17) is 0 Å². The van der Waals surface area contributed by atoms with Crippen LogP contribution in [0.15, 0.2) is 30.6 Å². The maximum Gasteiger partial charge on any atom is 0.0923 e. The number of pyridine rings is 2. The van der Waals surface area contributed by atoms with Gasteiger partial charge in [0.15, 0.2) is 0 Å². The topological polar surface area (TPSA) is 25.8 Å². The zero-order valence-electron chi connectivity index (χ0n) is 8.70. The van der Waals surface area contributed by atoms with Crippen LogP contribution in [0.4, 0.5) is 0 Å². The van der Waals surface area contributed by atoms with E-state index in [1.54, 1.807) is 0 Å². The Morgan fingerprint density at radius 3 is 2.80 bits per heavy atom. The van der Waals surface area contributed by atoms with Crippen molar-refractivity contribution in [1.29, 1.82) is 0 Å². The highest BCUT2D eigenvalue weighted by Crippen LogP contribution is 2.31. The molecule has 2 heteroatoms. The van der Waals surface area contributed by atoms with Crippen molar-refractivity contribution in [2.45, 2.75) is 19.8 Å². The smallest absolute Gasteiger partial charge is 0.0923 e. The Balaban J connectivity index is 2.30. The van der Waals surface area contributed by atoms with Crippen LogP contribution in [0.5, 0.6) is 0 Å². The Bertz CT molecular complexity index is 518. The van der Waals surface area contributed by atoms with E-state index in [0.717, 1.165) is 24.2 Å². The third-order valence-electron chi connectivity index (χ3n) is 3.05. The molecule has 0 saturated carbocycles. The molecule has 0 aliphatic heterocycles. The van der Waals surface area contributed by atoms with Gasteiger partial charge in [0.25, 0.3) is 0 Å². The molecule has 2 aromatic rings. The number of hydrogen-bond donors (Lipinski definition) is 0. The van der Waals surface area contributed by atoms with Crippen LogP contribution in [0.1, 0.15) is 16.7 Å². The fourth-order valence-electron chi connectivity index (χ4n) is 2.22. The quantitative estimate of drug-likeness (QED) is 0.647. The van der Waals surface area contributed by atoms with E-state index in [0.29, 0.717) is 0 Å². The SMILES string of the molecule is Cc1ccnc2c1CCc1cccnc1-2. The third kappa shape index (κ3) is 1.25. The van der Waals surface area contributed by atoms with Gasteiger partial charge in [0, 0.05) is 12.4 Å². The monoisotopic (exact) mass is 196 g/mol. The predicted molar refractivity (Wildman–Crippen MR) is 59.6 cm³/mol. The van der Waals surface area contributed by atoms with Crippen molar-refractivity contribution in [2.75, 3.05) is 0 Å². The first-order valence-electron chi connectivity index (χ1n) is 5.25. The number of hydrogen-bond acceptors (Lipinski definition) is 2. The Labute approximate surface area is 89.0 Å². The van der Waals surface area contributed by atoms with Crippen molar-refractivity contribution >= 4 is 0 Å². The summed E-state index contributed by atoms with van der Waals surface area (Å²) in [7, 11) is 0. The van der Waals surface area contributed by atoms with Gasteiger partial charge in [-0.2, -0.15) is 0 Å². The molecule has 1 aliphatic rings. The summed E-state index contributed by atoms with van der Waals surface area (Å²) >= 11 is 0. The van der Waals surface area contributed by atoms with Crippen LogP contribution < -0.4 is 0 Å². The lowest BCUT2D eigenvalue weighted by atomic mass is 9.90. The standard InChI is InChI=1S/C13H12N2/c1-9-6-8-15-13-11(9)5-4-10-3-2-7-14-12(10)13/h2-3,6-8H,4-5H2,1H3. The van der Waals surface area contributed by atoms with E-state index in [9.17, 15) is 0 Å². The van der Waals surface area contributed by atoms with Crippen LogP contribution in [0.2, 0.25) is 0 Å². The second-order valence-electron chi connectivity index (χ2n) is 3.97. The molecular weight excluding hydrogens is 184 g/mol. The van der Waals surface area contributed by atoms with Gasteiger partial charge in [-0.3, -0.25) is 9.97 Å². The van der Waals surface area contributed by atoms with Crippen molar-refractivity contribution in [3.8, 4) is 11.4 Å². The lowest BCUT2D eigenvalue weighted by molar-refractivity contribution is 0.901. The molecule has 2 heterocycles. The average Bonchev–Trinajstić information content (AvgIpc) is 2.29. The third-order valence-corrected chi connectivity index (χ3v) is 3.05. The van der Waals surface area contributed by atoms with Gasteiger partial charge in [0.2, 0.25) is 0 Å². The van der Waals surface area contributed by atoms with Gasteiger partial charge in [-0.1, -0.05) is 6.07 Å². The molecule has 0 radical (unpaired) electrons. The van der Waals surface area contributed by atoms with Crippen molar-refractivity contribution in [1.82, 2.24) is 9.97 Å². The lowest BCUT2D eigenvalue weighted by Gasteiger charge is -2.18. The number of aryl methyl sites for hydroxylation is 2. The first kappa shape index (κ1) is 8.60. The maximum absolute atomic E-state index is 4.46. The fraction of sp³-hybridized carbons (Fsp3) is 0.231. The summed E-state index contributed by atoms with van der Waals surface area (Å²) in [4.78, 5) is 8.90. The van der Waals surface area contributed by atoms with Gasteiger partial charge in [0.1, 0.15) is 0 Å². The highest BCUT2D eigenvalue weighted by molar-refractivity contribution is 5.66. The normalized spacial score (nSPS) is 13.1. The van der Waals surface area contributed by atoms with E-state index >= 15 is 0 Å². The molecule has 0 N–H and O–H groups in total. The minimum absolute atomic E-state index is 1.07. The molecule has 2 aromatic heterocycles. The Morgan fingerprint density at radius 1 is 1.00 bits per heavy atom. The van der Waals surface area contributed by atoms with Gasteiger partial charge in [0.05, 0.1) is 11.4 Å². The van der Waals surface area contributed by atoms with Gasteiger partial charge < -0.3 is 0 Å². The van der Waals surface area contributed by atoms with E-state index in [1.165, 1.54) is 16.7 Å². The van der Waals surface area contributed by atoms with Crippen molar-refractivity contribution in [3.05, 3.63) is 47.3 Å². The molecule has 0 spiro atoms. The summed E-state index contributed by atoms with van der Waals surface area (Å²) < 4.78 is 0. The highest BCUT2D eigenvalue weighted by Gasteiger charge is 2.18. The Hall–Kier alpha value is -1.70. The summed E-state index contributed by atoms with van der Waals surface area (Å²) in [6.45, 7) is 2.15. The van der Waals surface area contributed by atoms with Gasteiger partial charge in [-0.15, -0.1) is 0 Å². The van der Waals surface area contributed by atoms with Gasteiger partial charge >= 0.3 is 0 Å². The molecule has 0 aromatic carbocycles. The Kier molecular flexibility index (Phi) is 1.81. The van der Waals surface area contributed by atoms with Crippen LogP contribution in [-0.2, 0) is 12.8 Å². The second-order valence-corrected chi connectivity index (χ2v) is 3.97. The van der Waals surface area contributed by atoms with E-state index in [1.807, 2.05) is 18.5 Å². The molecule has 2 nitrogen and oxygen atoms in total. The molecule has 0 atom stereocenters. The molecule has 0 saturated heterocycles. The van der Waals surface area contributed by atoms with Gasteiger partial charge in [-0.05, 0) is 48.6 Å². The molecular formula is C13H12N2. The lowest BCUT2D eigenvalue weighted by Crippen LogP contribution is -2.08. The van der Waals surface area contributed by atoms with Crippen LogP contribution in [-0.4, -0.2) is 9.97 Å². The molecule has 0 bridgehead atoms. The number of fused-ring (bicyclic) bond motifs is 3. The summed E-state index contributed by atoms with van der Waals surface area (Å²) in [5.41, 5.74) is 6.17. The largest absolute Gasteiger partial charge is 0.254 e. The van der Waals surface area contributed by atoms with Crippen LogP contribution in [0.25, 0.3) is 11.4 Å². The van der Waals surface area contributed by atoms with Crippen LogP contribution in [0, 0.1) is 6.92 Å². The number of rotatable bonds is 0. The molecule has 0 amide bonds. The molecule has 74 valence electrons. The van der Waals surface area contributed by atoms with Crippen molar-refractivity contribution in [3.63, 3.8) is 0 Å². The number of aromatic nitrogens is 2. The summed E-state index contributed by atoms with van der Waals surface area (Å²) in [6, 6.07) is 6.22. The first-order chi connectivity index (χ1) is 7.36. The van der Waals surface area contributed by atoms with Crippen molar-refractivity contribution in [2.24, 2.45) is 0 Å². The first-order valence-corrected chi connectivity index (χ1v) is 5.25. The number of nitrogens with zero attached hydrogens (tertiary/aromatic N) is 2. The van der Waals surface area contributed by atoms with E-state index < -0.39 is 0 Å². The zero-order valence-corrected chi connectivity index (χ0v) is 8.70. The summed E-state index contributed by atoms with van der Waals surface area (Å²) in [5, 5.41) is 0. The second kappa shape index (κ2) is 3.16. The summed E-state index contributed by atoms with van der Waals surface area (Å²) in [5.74, 6) is 0. The van der Waals surface area contributed by atoms with E-state index in [-0.39, 0.29) is 0 Å².